The smallest absolute Gasteiger partial charge is 0.306 e. The molecule has 0 atom stereocenters. The SMILES string of the molecule is CCOC(=O)CCCOc1cccc(CCCCCCOc2cc(CO)cc(-c3ccc(S(C)(=O)=O)cc3)c2)c1CCC(=O)OCC. The molecule has 0 amide bonds. The van der Waals surface area contributed by atoms with Gasteiger partial charge in [0.1, 0.15) is 11.5 Å². The molecule has 0 aliphatic rings. The molecule has 0 radical (unpaired) electrons. The molecule has 0 aromatic heterocycles. The highest BCUT2D eigenvalue weighted by atomic mass is 32.2. The van der Waals surface area contributed by atoms with E-state index in [0.29, 0.717) is 57.0 Å². The fourth-order valence-corrected chi connectivity index (χ4v) is 5.84. The van der Waals surface area contributed by atoms with Crippen molar-refractivity contribution in [2.45, 2.75) is 83.1 Å². The first-order chi connectivity index (χ1) is 22.6. The van der Waals surface area contributed by atoms with Crippen molar-refractivity contribution in [2.24, 2.45) is 0 Å². The van der Waals surface area contributed by atoms with E-state index in [-0.39, 0.29) is 29.9 Å². The van der Waals surface area contributed by atoms with Gasteiger partial charge in [-0.2, -0.15) is 0 Å². The highest BCUT2D eigenvalue weighted by Crippen LogP contribution is 2.29. The monoisotopic (exact) mass is 668 g/mol. The maximum Gasteiger partial charge on any atom is 0.306 e. The van der Waals surface area contributed by atoms with E-state index in [1.807, 2.05) is 30.3 Å². The summed E-state index contributed by atoms with van der Waals surface area (Å²) in [4.78, 5) is 24.0. The van der Waals surface area contributed by atoms with Gasteiger partial charge in [0, 0.05) is 19.1 Å². The standard InChI is InChI=1S/C37H48O9S/c1-4-43-36(39)15-11-23-46-35-14-10-13-30(34(35)20-21-37(40)44-5-2)12-8-6-7-9-22-45-32-25-28(27-38)24-31(26-32)29-16-18-33(19-17-29)47(3,41)42/h10,13-14,16-19,24-26,38H,4-9,11-12,15,20-23,27H2,1-3H3. The number of aliphatic hydroxyl groups excluding tert-OH is 1. The summed E-state index contributed by atoms with van der Waals surface area (Å²) in [6.07, 6.45) is 7.46. The van der Waals surface area contributed by atoms with Gasteiger partial charge in [-0.15, -0.1) is 0 Å². The molecule has 3 rings (SSSR count). The zero-order valence-electron chi connectivity index (χ0n) is 27.8. The number of carbonyl (C=O) groups excluding carboxylic acids is 2. The summed E-state index contributed by atoms with van der Waals surface area (Å²) < 4.78 is 45.8. The van der Waals surface area contributed by atoms with Crippen molar-refractivity contribution in [1.29, 1.82) is 0 Å². The number of carbonyl (C=O) groups is 2. The normalized spacial score (nSPS) is 11.2. The topological polar surface area (TPSA) is 125 Å². The van der Waals surface area contributed by atoms with E-state index in [1.165, 1.54) is 6.26 Å². The van der Waals surface area contributed by atoms with Crippen LogP contribution in [-0.4, -0.2) is 58.1 Å². The number of unbranched alkanes of at least 4 members (excludes halogenated alkanes) is 3. The van der Waals surface area contributed by atoms with E-state index in [9.17, 15) is 23.1 Å². The second-order valence-electron chi connectivity index (χ2n) is 11.3. The third-order valence-corrected chi connectivity index (χ3v) is 8.70. The van der Waals surface area contributed by atoms with Crippen molar-refractivity contribution in [3.05, 3.63) is 77.4 Å². The largest absolute Gasteiger partial charge is 0.494 e. The number of sulfone groups is 1. The zero-order valence-corrected chi connectivity index (χ0v) is 28.6. The lowest BCUT2D eigenvalue weighted by atomic mass is 9.96. The van der Waals surface area contributed by atoms with Gasteiger partial charge in [0.05, 0.1) is 37.9 Å². The van der Waals surface area contributed by atoms with E-state index in [2.05, 4.69) is 6.07 Å². The van der Waals surface area contributed by atoms with Gasteiger partial charge >= 0.3 is 11.9 Å². The van der Waals surface area contributed by atoms with Gasteiger partial charge in [-0.05, 0) is 110 Å². The van der Waals surface area contributed by atoms with Crippen LogP contribution in [0.5, 0.6) is 11.5 Å². The summed E-state index contributed by atoms with van der Waals surface area (Å²) in [5.41, 5.74) is 4.55. The average molecular weight is 669 g/mol. The summed E-state index contributed by atoms with van der Waals surface area (Å²) in [7, 11) is -3.28. The molecule has 0 heterocycles. The summed E-state index contributed by atoms with van der Waals surface area (Å²) in [5, 5.41) is 9.78. The van der Waals surface area contributed by atoms with Crippen LogP contribution in [0.1, 0.15) is 75.5 Å². The summed E-state index contributed by atoms with van der Waals surface area (Å²) >= 11 is 0. The van der Waals surface area contributed by atoms with Gasteiger partial charge in [0.2, 0.25) is 0 Å². The minimum atomic E-state index is -3.28. The molecule has 0 aliphatic heterocycles. The number of aliphatic hydroxyl groups is 1. The fraction of sp³-hybridized carbons (Fsp3) is 0.459. The lowest BCUT2D eigenvalue weighted by Crippen LogP contribution is -2.10. The molecular formula is C37H48O9S. The Balaban J connectivity index is 1.52. The van der Waals surface area contributed by atoms with Crippen LogP contribution in [0.2, 0.25) is 0 Å². The van der Waals surface area contributed by atoms with Crippen molar-refractivity contribution < 1.29 is 42.1 Å². The number of aryl methyl sites for hydroxylation is 1. The van der Waals surface area contributed by atoms with E-state index < -0.39 is 9.84 Å². The maximum absolute atomic E-state index is 12.1. The Morgan fingerprint density at radius 2 is 1.40 bits per heavy atom. The minimum Gasteiger partial charge on any atom is -0.494 e. The van der Waals surface area contributed by atoms with Gasteiger partial charge in [0.25, 0.3) is 0 Å². The number of rotatable bonds is 21. The predicted molar refractivity (Wildman–Crippen MR) is 181 cm³/mol. The third-order valence-electron chi connectivity index (χ3n) is 7.58. The van der Waals surface area contributed by atoms with Crippen LogP contribution >= 0.6 is 0 Å². The Morgan fingerprint density at radius 3 is 2.09 bits per heavy atom. The molecule has 0 spiro atoms. The Hall–Kier alpha value is -3.89. The number of hydrogen-bond donors (Lipinski definition) is 1. The van der Waals surface area contributed by atoms with Crippen molar-refractivity contribution in [2.75, 3.05) is 32.7 Å². The third kappa shape index (κ3) is 13.0. The maximum atomic E-state index is 12.1. The molecule has 47 heavy (non-hydrogen) atoms. The highest BCUT2D eigenvalue weighted by Gasteiger charge is 2.14. The molecular weight excluding hydrogens is 620 g/mol. The molecule has 256 valence electrons. The van der Waals surface area contributed by atoms with E-state index in [0.717, 1.165) is 60.1 Å². The van der Waals surface area contributed by atoms with Crippen LogP contribution in [0.25, 0.3) is 11.1 Å². The Labute approximate surface area is 279 Å². The van der Waals surface area contributed by atoms with Crippen LogP contribution in [0.15, 0.2) is 65.6 Å². The van der Waals surface area contributed by atoms with Crippen molar-refractivity contribution in [3.63, 3.8) is 0 Å². The molecule has 0 bridgehead atoms. The molecule has 10 heteroatoms. The summed E-state index contributed by atoms with van der Waals surface area (Å²) in [6, 6.07) is 18.2. The average Bonchev–Trinajstić information content (AvgIpc) is 3.05. The van der Waals surface area contributed by atoms with E-state index in [1.54, 1.807) is 38.1 Å². The quantitative estimate of drug-likeness (QED) is 0.0981. The van der Waals surface area contributed by atoms with Gasteiger partial charge < -0.3 is 24.1 Å². The van der Waals surface area contributed by atoms with Crippen LogP contribution in [0, 0.1) is 0 Å². The Morgan fingerprint density at radius 1 is 0.723 bits per heavy atom. The van der Waals surface area contributed by atoms with Crippen LogP contribution < -0.4 is 9.47 Å². The molecule has 0 unspecified atom stereocenters. The van der Waals surface area contributed by atoms with Crippen molar-refractivity contribution >= 4 is 21.8 Å². The van der Waals surface area contributed by atoms with Crippen LogP contribution in [0.4, 0.5) is 0 Å². The molecule has 9 nitrogen and oxygen atoms in total. The second kappa shape index (κ2) is 19.7. The van der Waals surface area contributed by atoms with Gasteiger partial charge in [-0.1, -0.05) is 37.1 Å². The fourth-order valence-electron chi connectivity index (χ4n) is 5.21. The van der Waals surface area contributed by atoms with Crippen LogP contribution in [-0.2, 0) is 48.3 Å². The molecule has 0 saturated carbocycles. The molecule has 0 saturated heterocycles. The predicted octanol–water partition coefficient (Wildman–Crippen LogP) is 6.65. The first-order valence-corrected chi connectivity index (χ1v) is 18.3. The molecule has 1 N–H and O–H groups in total. The molecule has 3 aromatic carbocycles. The lowest BCUT2D eigenvalue weighted by Gasteiger charge is -2.16. The number of esters is 2. The highest BCUT2D eigenvalue weighted by molar-refractivity contribution is 7.90. The van der Waals surface area contributed by atoms with Gasteiger partial charge in [-0.25, -0.2) is 8.42 Å². The molecule has 0 aliphatic carbocycles. The van der Waals surface area contributed by atoms with E-state index in [4.69, 9.17) is 18.9 Å². The van der Waals surface area contributed by atoms with Gasteiger partial charge in [-0.3, -0.25) is 9.59 Å². The molecule has 0 fully saturated rings. The van der Waals surface area contributed by atoms with Gasteiger partial charge in [0.15, 0.2) is 9.84 Å². The molecule has 3 aromatic rings. The first-order valence-electron chi connectivity index (χ1n) is 16.4. The first kappa shape index (κ1) is 37.6. The minimum absolute atomic E-state index is 0.132. The van der Waals surface area contributed by atoms with Crippen molar-refractivity contribution in [1.82, 2.24) is 0 Å². The number of benzene rings is 3. The van der Waals surface area contributed by atoms with Crippen molar-refractivity contribution in [3.8, 4) is 22.6 Å². The second-order valence-corrected chi connectivity index (χ2v) is 13.3. The number of hydrogen-bond acceptors (Lipinski definition) is 9. The number of ether oxygens (including phenoxy) is 4. The Kier molecular flexibility index (Phi) is 15.7. The summed E-state index contributed by atoms with van der Waals surface area (Å²) in [6.45, 7) is 5.06. The van der Waals surface area contributed by atoms with E-state index >= 15 is 0 Å². The lowest BCUT2D eigenvalue weighted by molar-refractivity contribution is -0.144. The zero-order chi connectivity index (χ0) is 34.1. The Bertz CT molecular complexity index is 1530. The summed E-state index contributed by atoms with van der Waals surface area (Å²) in [5.74, 6) is 0.918. The van der Waals surface area contributed by atoms with Crippen LogP contribution in [0.3, 0.4) is 0 Å².